The van der Waals surface area contributed by atoms with Crippen molar-refractivity contribution in [2.45, 2.75) is 18.9 Å². The van der Waals surface area contributed by atoms with Gasteiger partial charge in [0.15, 0.2) is 11.5 Å². The summed E-state index contributed by atoms with van der Waals surface area (Å²) in [6.45, 7) is 3.35. The van der Waals surface area contributed by atoms with Crippen LogP contribution in [0.2, 0.25) is 0 Å². The van der Waals surface area contributed by atoms with Crippen molar-refractivity contribution in [2.24, 2.45) is 12.5 Å². The molecule has 216 valence electrons. The number of amides is 2. The molecule has 7 rings (SSSR count). The van der Waals surface area contributed by atoms with E-state index in [4.69, 9.17) is 14.2 Å². The summed E-state index contributed by atoms with van der Waals surface area (Å²) in [4.78, 5) is 34.5. The van der Waals surface area contributed by atoms with Crippen molar-refractivity contribution in [1.82, 2.24) is 24.7 Å². The van der Waals surface area contributed by atoms with E-state index in [1.54, 1.807) is 37.3 Å². The number of carbonyl (C=O) groups is 2. The topological polar surface area (TPSA) is 98.2 Å². The fourth-order valence-electron chi connectivity index (χ4n) is 6.26. The largest absolute Gasteiger partial charge is 0.496 e. The maximum atomic E-state index is 13.8. The SMILES string of the molecule is COc1cc(F)ccc1CN1C[C@H]2c3cccc4c3OC[C@@]2(CNC(=O)CN(C(=O)c2cn(C)cn2)CCCO4)C1. The fraction of sp³-hybridized carbons (Fsp3) is 0.433. The Kier molecular flexibility index (Phi) is 7.29. The third-order valence-corrected chi connectivity index (χ3v) is 8.26. The molecule has 10 nitrogen and oxygen atoms in total. The predicted molar refractivity (Wildman–Crippen MR) is 148 cm³/mol. The third kappa shape index (κ3) is 5.33. The van der Waals surface area contributed by atoms with Gasteiger partial charge in [-0.15, -0.1) is 0 Å². The van der Waals surface area contributed by atoms with E-state index in [0.717, 1.165) is 23.4 Å². The number of aromatic nitrogens is 2. The van der Waals surface area contributed by atoms with Crippen LogP contribution >= 0.6 is 0 Å². The van der Waals surface area contributed by atoms with Crippen LogP contribution in [0.3, 0.4) is 0 Å². The highest BCUT2D eigenvalue weighted by Crippen LogP contribution is 2.52. The van der Waals surface area contributed by atoms with Gasteiger partial charge in [0.2, 0.25) is 5.91 Å². The second-order valence-corrected chi connectivity index (χ2v) is 11.1. The lowest BCUT2D eigenvalue weighted by molar-refractivity contribution is -0.122. The molecule has 4 aliphatic heterocycles. The van der Waals surface area contributed by atoms with Crippen LogP contribution in [-0.4, -0.2) is 84.2 Å². The summed E-state index contributed by atoms with van der Waals surface area (Å²) < 4.78 is 33.5. The molecule has 1 spiro atoms. The summed E-state index contributed by atoms with van der Waals surface area (Å²) >= 11 is 0. The van der Waals surface area contributed by atoms with Crippen LogP contribution in [0.15, 0.2) is 48.9 Å². The number of aryl methyl sites for hydroxylation is 1. The molecule has 0 unspecified atom stereocenters. The lowest BCUT2D eigenvalue weighted by atomic mass is 9.73. The molecule has 1 saturated heterocycles. The number of para-hydroxylation sites is 1. The summed E-state index contributed by atoms with van der Waals surface area (Å²) in [5, 5.41) is 3.12. The van der Waals surface area contributed by atoms with Crippen LogP contribution in [0.1, 0.15) is 34.0 Å². The number of imidazole rings is 1. The molecule has 1 aromatic heterocycles. The molecule has 3 aromatic rings. The number of nitrogens with zero attached hydrogens (tertiary/aromatic N) is 4. The van der Waals surface area contributed by atoms with E-state index in [1.807, 2.05) is 12.1 Å². The highest BCUT2D eigenvalue weighted by molar-refractivity contribution is 5.94. The molecule has 5 heterocycles. The second-order valence-electron chi connectivity index (χ2n) is 11.1. The number of hydrogen-bond acceptors (Lipinski definition) is 7. The van der Waals surface area contributed by atoms with Gasteiger partial charge in [-0.05, 0) is 18.6 Å². The molecule has 0 saturated carbocycles. The number of benzene rings is 2. The van der Waals surface area contributed by atoms with Gasteiger partial charge in [0, 0.05) is 74.5 Å². The maximum absolute atomic E-state index is 13.8. The van der Waals surface area contributed by atoms with Gasteiger partial charge in [0.25, 0.3) is 5.91 Å². The Morgan fingerprint density at radius 1 is 1.27 bits per heavy atom. The molecular formula is C30H34FN5O5. The lowest BCUT2D eigenvalue weighted by Crippen LogP contribution is -2.50. The summed E-state index contributed by atoms with van der Waals surface area (Å²) in [6, 6.07) is 10.6. The second kappa shape index (κ2) is 11.0. The molecule has 0 radical (unpaired) electrons. The van der Waals surface area contributed by atoms with Crippen LogP contribution < -0.4 is 19.5 Å². The van der Waals surface area contributed by atoms with Crippen molar-refractivity contribution < 1.29 is 28.2 Å². The quantitative estimate of drug-likeness (QED) is 0.521. The van der Waals surface area contributed by atoms with Crippen molar-refractivity contribution in [3.8, 4) is 17.2 Å². The summed E-state index contributed by atoms with van der Waals surface area (Å²) in [7, 11) is 3.34. The Labute approximate surface area is 238 Å². The lowest BCUT2D eigenvalue weighted by Gasteiger charge is -2.40. The average Bonchev–Trinajstić information content (AvgIpc) is 3.57. The number of methoxy groups -OCH3 is 1. The van der Waals surface area contributed by atoms with Gasteiger partial charge in [-0.1, -0.05) is 18.2 Å². The van der Waals surface area contributed by atoms with Gasteiger partial charge in [0.05, 0.1) is 33.2 Å². The molecule has 4 aliphatic rings. The van der Waals surface area contributed by atoms with Gasteiger partial charge >= 0.3 is 0 Å². The van der Waals surface area contributed by atoms with Crippen molar-refractivity contribution in [2.75, 3.05) is 53.0 Å². The Hall–Kier alpha value is -4.12. The predicted octanol–water partition coefficient (Wildman–Crippen LogP) is 2.59. The Morgan fingerprint density at radius 3 is 2.95 bits per heavy atom. The molecule has 2 amide bonds. The van der Waals surface area contributed by atoms with Gasteiger partial charge in [-0.2, -0.15) is 0 Å². The normalized spacial score (nSPS) is 22.8. The van der Waals surface area contributed by atoms with Crippen LogP contribution in [-0.2, 0) is 18.4 Å². The van der Waals surface area contributed by atoms with Gasteiger partial charge in [-0.25, -0.2) is 9.37 Å². The first-order valence-corrected chi connectivity index (χ1v) is 13.8. The first-order chi connectivity index (χ1) is 19.8. The van der Waals surface area contributed by atoms with Crippen molar-refractivity contribution in [3.63, 3.8) is 0 Å². The summed E-state index contributed by atoms with van der Waals surface area (Å²) in [6.07, 6.45) is 3.76. The smallest absolute Gasteiger partial charge is 0.274 e. The number of ether oxygens (including phenoxy) is 3. The average molecular weight is 564 g/mol. The zero-order valence-electron chi connectivity index (χ0n) is 23.3. The van der Waals surface area contributed by atoms with E-state index in [-0.39, 0.29) is 30.1 Å². The molecule has 2 aromatic carbocycles. The molecule has 2 atom stereocenters. The minimum absolute atomic E-state index is 0.0655. The zero-order valence-corrected chi connectivity index (χ0v) is 23.3. The van der Waals surface area contributed by atoms with Crippen LogP contribution in [0.5, 0.6) is 17.2 Å². The van der Waals surface area contributed by atoms with Crippen molar-refractivity contribution >= 4 is 11.8 Å². The number of fused-ring (bicyclic) bond motifs is 9. The van der Waals surface area contributed by atoms with Gasteiger partial charge in [-0.3, -0.25) is 14.5 Å². The van der Waals surface area contributed by atoms with E-state index in [0.29, 0.717) is 63.0 Å². The Bertz CT molecular complexity index is 1460. The van der Waals surface area contributed by atoms with Gasteiger partial charge < -0.3 is 29.0 Å². The minimum Gasteiger partial charge on any atom is -0.496 e. The standard InChI is InChI=1S/C30H34FN5O5/c1-34-14-24(33-19-34)29(38)36-9-4-10-40-25-6-3-5-22-23-13-35(12-20-7-8-21(31)11-26(20)39-2)17-30(23,18-41-28(22)25)16-32-27(37)15-36/h3,5-8,11,14,19,23H,4,9-10,12-13,15-18H2,1-2H3,(H,32,37)/t23-,30+/m0/s1. The third-order valence-electron chi connectivity index (χ3n) is 8.26. The number of rotatable bonds is 4. The molecule has 1 N–H and O–H groups in total. The van der Waals surface area contributed by atoms with E-state index < -0.39 is 5.41 Å². The number of halogens is 1. The number of likely N-dealkylation sites (tertiary alicyclic amines) is 1. The monoisotopic (exact) mass is 563 g/mol. The molecule has 1 fully saturated rings. The molecule has 4 bridgehead atoms. The van der Waals surface area contributed by atoms with E-state index >= 15 is 0 Å². The zero-order chi connectivity index (χ0) is 28.6. The fourth-order valence-corrected chi connectivity index (χ4v) is 6.26. The minimum atomic E-state index is -0.408. The number of nitrogens with one attached hydrogen (secondary N) is 1. The van der Waals surface area contributed by atoms with Crippen LogP contribution in [0.25, 0.3) is 0 Å². The summed E-state index contributed by atoms with van der Waals surface area (Å²) in [5.41, 5.74) is 1.83. The Morgan fingerprint density at radius 2 is 2.15 bits per heavy atom. The Balaban J connectivity index is 1.28. The molecular weight excluding hydrogens is 529 g/mol. The van der Waals surface area contributed by atoms with Crippen LogP contribution in [0.4, 0.5) is 4.39 Å². The van der Waals surface area contributed by atoms with Crippen LogP contribution in [0, 0.1) is 11.2 Å². The molecule has 41 heavy (non-hydrogen) atoms. The first kappa shape index (κ1) is 27.1. The highest BCUT2D eigenvalue weighted by atomic mass is 19.1. The summed E-state index contributed by atoms with van der Waals surface area (Å²) in [5.74, 6) is 1.11. The van der Waals surface area contributed by atoms with E-state index in [9.17, 15) is 14.0 Å². The molecule has 0 aliphatic carbocycles. The number of hydrogen-bond donors (Lipinski definition) is 1. The number of carbonyl (C=O) groups excluding carboxylic acids is 2. The van der Waals surface area contributed by atoms with E-state index in [2.05, 4.69) is 21.3 Å². The maximum Gasteiger partial charge on any atom is 0.274 e. The van der Waals surface area contributed by atoms with Crippen molar-refractivity contribution in [3.05, 3.63) is 71.6 Å². The van der Waals surface area contributed by atoms with E-state index in [1.165, 1.54) is 17.0 Å². The first-order valence-electron chi connectivity index (χ1n) is 13.8. The highest BCUT2D eigenvalue weighted by Gasteiger charge is 2.52. The molecule has 11 heteroatoms. The van der Waals surface area contributed by atoms with Crippen molar-refractivity contribution in [1.29, 1.82) is 0 Å². The van der Waals surface area contributed by atoms with Gasteiger partial charge in [0.1, 0.15) is 17.3 Å².